The lowest BCUT2D eigenvalue weighted by molar-refractivity contribution is 0.0256. The van der Waals surface area contributed by atoms with Gasteiger partial charge in [-0.3, -0.25) is 9.80 Å². The quantitative estimate of drug-likeness (QED) is 0.835. The van der Waals surface area contributed by atoms with Crippen molar-refractivity contribution in [3.8, 4) is 5.75 Å². The average molecular weight is 337 g/mol. The van der Waals surface area contributed by atoms with Crippen LogP contribution in [-0.4, -0.2) is 62.2 Å². The summed E-state index contributed by atoms with van der Waals surface area (Å²) in [4.78, 5) is 7.66. The number of para-hydroxylation sites is 2. The van der Waals surface area contributed by atoms with E-state index in [4.69, 9.17) is 4.74 Å². The second-order valence-corrected chi connectivity index (χ2v) is 7.03. The molecule has 2 aliphatic rings. The summed E-state index contributed by atoms with van der Waals surface area (Å²) in [5.41, 5.74) is 2.64. The molecule has 4 heteroatoms. The first-order valence-electron chi connectivity index (χ1n) is 9.22. The smallest absolute Gasteiger partial charge is 0.142 e. The fraction of sp³-hybridized carbons (Fsp3) is 0.429. The molecule has 0 amide bonds. The van der Waals surface area contributed by atoms with Crippen LogP contribution in [-0.2, 0) is 6.54 Å². The summed E-state index contributed by atoms with van der Waals surface area (Å²) in [5, 5.41) is 0. The lowest BCUT2D eigenvalue weighted by atomic mass is 10.0. The Morgan fingerprint density at radius 1 is 0.880 bits per heavy atom. The fourth-order valence-electron chi connectivity index (χ4n) is 3.96. The van der Waals surface area contributed by atoms with Crippen LogP contribution < -0.4 is 9.64 Å². The predicted molar refractivity (Wildman–Crippen MR) is 102 cm³/mol. The van der Waals surface area contributed by atoms with Crippen LogP contribution in [0.2, 0.25) is 0 Å². The van der Waals surface area contributed by atoms with Gasteiger partial charge in [-0.25, -0.2) is 0 Å². The van der Waals surface area contributed by atoms with E-state index in [0.717, 1.165) is 44.5 Å². The van der Waals surface area contributed by atoms with Gasteiger partial charge in [0.15, 0.2) is 0 Å². The van der Waals surface area contributed by atoms with Crippen molar-refractivity contribution in [2.45, 2.75) is 12.6 Å². The maximum Gasteiger partial charge on any atom is 0.142 e. The van der Waals surface area contributed by atoms with E-state index in [0.29, 0.717) is 0 Å². The topological polar surface area (TPSA) is 19.0 Å². The van der Waals surface area contributed by atoms with Gasteiger partial charge < -0.3 is 9.64 Å². The Morgan fingerprint density at radius 3 is 2.28 bits per heavy atom. The van der Waals surface area contributed by atoms with Crippen LogP contribution in [0.3, 0.4) is 0 Å². The zero-order valence-corrected chi connectivity index (χ0v) is 15.0. The van der Waals surface area contributed by atoms with E-state index in [1.807, 2.05) is 6.07 Å². The van der Waals surface area contributed by atoms with E-state index in [9.17, 15) is 0 Å². The first-order chi connectivity index (χ1) is 12.3. The highest BCUT2D eigenvalue weighted by atomic mass is 16.5. The third-order valence-corrected chi connectivity index (χ3v) is 5.44. The van der Waals surface area contributed by atoms with E-state index >= 15 is 0 Å². The predicted octanol–water partition coefficient (Wildman–Crippen LogP) is 2.70. The van der Waals surface area contributed by atoms with Gasteiger partial charge in [0.2, 0.25) is 0 Å². The molecule has 4 nitrogen and oxygen atoms in total. The van der Waals surface area contributed by atoms with Crippen LogP contribution in [0.1, 0.15) is 5.56 Å². The molecule has 0 bridgehead atoms. The largest absolute Gasteiger partial charge is 0.495 e. The number of hydrogen-bond donors (Lipinski definition) is 0. The van der Waals surface area contributed by atoms with Crippen molar-refractivity contribution in [2.24, 2.45) is 0 Å². The van der Waals surface area contributed by atoms with Crippen LogP contribution >= 0.6 is 0 Å². The Morgan fingerprint density at radius 2 is 1.56 bits per heavy atom. The first-order valence-corrected chi connectivity index (χ1v) is 9.22. The molecule has 0 aromatic heterocycles. The van der Waals surface area contributed by atoms with E-state index in [2.05, 4.69) is 63.2 Å². The molecule has 0 aliphatic carbocycles. The zero-order chi connectivity index (χ0) is 17.1. The van der Waals surface area contributed by atoms with Crippen LogP contribution in [0.4, 0.5) is 5.69 Å². The molecule has 2 aromatic rings. The normalized spacial score (nSPS) is 19.6. The summed E-state index contributed by atoms with van der Waals surface area (Å²) >= 11 is 0. The third kappa shape index (κ3) is 3.65. The highest BCUT2D eigenvalue weighted by molar-refractivity contribution is 5.58. The molecule has 2 aliphatic heterocycles. The Labute approximate surface area is 150 Å². The Kier molecular flexibility index (Phi) is 4.90. The molecular formula is C21H27N3O. The third-order valence-electron chi connectivity index (χ3n) is 5.44. The number of nitrogens with zero attached hydrogens (tertiary/aromatic N) is 3. The molecule has 0 radical (unpaired) electrons. The van der Waals surface area contributed by atoms with Crippen molar-refractivity contribution in [3.05, 3.63) is 60.2 Å². The molecule has 2 saturated heterocycles. The second-order valence-electron chi connectivity index (χ2n) is 7.03. The number of hydrogen-bond acceptors (Lipinski definition) is 4. The number of likely N-dealkylation sites (tertiary alicyclic amines) is 1. The summed E-state index contributed by atoms with van der Waals surface area (Å²) in [6.07, 6.45) is 0. The number of anilines is 1. The van der Waals surface area contributed by atoms with Gasteiger partial charge in [-0.05, 0) is 17.7 Å². The van der Waals surface area contributed by atoms with Gasteiger partial charge in [0, 0.05) is 51.9 Å². The van der Waals surface area contributed by atoms with Crippen molar-refractivity contribution < 1.29 is 4.74 Å². The standard InChI is InChI=1S/C21H27N3O/c1-25-21-10-6-5-9-20(21)24-13-11-23(12-14-24)19-16-22(17-19)15-18-7-3-2-4-8-18/h2-10,19H,11-17H2,1H3. The average Bonchev–Trinajstić information content (AvgIpc) is 2.65. The SMILES string of the molecule is COc1ccccc1N1CCN(C2CN(Cc3ccccc3)C2)CC1. The van der Waals surface area contributed by atoms with E-state index in [1.165, 1.54) is 24.3 Å². The number of ether oxygens (including phenoxy) is 1. The fourth-order valence-corrected chi connectivity index (χ4v) is 3.96. The summed E-state index contributed by atoms with van der Waals surface area (Å²) in [6.45, 7) is 7.92. The van der Waals surface area contributed by atoms with Gasteiger partial charge in [-0.1, -0.05) is 42.5 Å². The van der Waals surface area contributed by atoms with Crippen molar-refractivity contribution in [1.29, 1.82) is 0 Å². The van der Waals surface area contributed by atoms with Crippen molar-refractivity contribution in [2.75, 3.05) is 51.3 Å². The van der Waals surface area contributed by atoms with Gasteiger partial charge in [0.05, 0.1) is 12.8 Å². The number of benzene rings is 2. The molecule has 2 fully saturated rings. The van der Waals surface area contributed by atoms with Gasteiger partial charge in [-0.2, -0.15) is 0 Å². The molecule has 132 valence electrons. The van der Waals surface area contributed by atoms with Crippen molar-refractivity contribution >= 4 is 5.69 Å². The lowest BCUT2D eigenvalue weighted by Crippen LogP contribution is -2.62. The maximum atomic E-state index is 5.51. The Hall–Kier alpha value is -2.04. The number of piperazine rings is 1. The molecule has 0 spiro atoms. The van der Waals surface area contributed by atoms with Gasteiger partial charge in [-0.15, -0.1) is 0 Å². The van der Waals surface area contributed by atoms with Crippen LogP contribution in [0.25, 0.3) is 0 Å². The maximum absolute atomic E-state index is 5.51. The van der Waals surface area contributed by atoms with Crippen LogP contribution in [0, 0.1) is 0 Å². The molecular weight excluding hydrogens is 310 g/mol. The van der Waals surface area contributed by atoms with E-state index < -0.39 is 0 Å². The zero-order valence-electron chi connectivity index (χ0n) is 15.0. The highest BCUT2D eigenvalue weighted by Crippen LogP contribution is 2.29. The molecule has 4 rings (SSSR count). The molecule has 0 saturated carbocycles. The molecule has 2 aromatic carbocycles. The molecule has 0 atom stereocenters. The second kappa shape index (κ2) is 7.46. The van der Waals surface area contributed by atoms with Crippen LogP contribution in [0.5, 0.6) is 5.75 Å². The minimum atomic E-state index is 0.725. The monoisotopic (exact) mass is 337 g/mol. The number of methoxy groups -OCH3 is 1. The first kappa shape index (κ1) is 16.4. The van der Waals surface area contributed by atoms with Crippen molar-refractivity contribution in [3.63, 3.8) is 0 Å². The molecule has 2 heterocycles. The van der Waals surface area contributed by atoms with Gasteiger partial charge >= 0.3 is 0 Å². The van der Waals surface area contributed by atoms with Gasteiger partial charge in [0.1, 0.15) is 5.75 Å². The minimum absolute atomic E-state index is 0.725. The minimum Gasteiger partial charge on any atom is -0.495 e. The molecule has 25 heavy (non-hydrogen) atoms. The Balaban J connectivity index is 1.26. The van der Waals surface area contributed by atoms with E-state index in [-0.39, 0.29) is 0 Å². The molecule has 0 unspecified atom stereocenters. The summed E-state index contributed by atoms with van der Waals surface area (Å²) in [7, 11) is 1.75. The molecule has 0 N–H and O–H groups in total. The highest BCUT2D eigenvalue weighted by Gasteiger charge is 2.33. The summed E-state index contributed by atoms with van der Waals surface area (Å²) in [6, 6.07) is 19.9. The lowest BCUT2D eigenvalue weighted by Gasteiger charge is -2.48. The van der Waals surface area contributed by atoms with E-state index in [1.54, 1.807) is 7.11 Å². The summed E-state index contributed by atoms with van der Waals surface area (Å²) < 4.78 is 5.51. The van der Waals surface area contributed by atoms with Crippen molar-refractivity contribution in [1.82, 2.24) is 9.80 Å². The number of rotatable bonds is 5. The van der Waals surface area contributed by atoms with Crippen LogP contribution in [0.15, 0.2) is 54.6 Å². The Bertz CT molecular complexity index is 677. The summed E-state index contributed by atoms with van der Waals surface area (Å²) in [5.74, 6) is 0.980. The van der Waals surface area contributed by atoms with Gasteiger partial charge in [0.25, 0.3) is 0 Å².